The van der Waals surface area contributed by atoms with Gasteiger partial charge in [0, 0.05) is 29.1 Å². The number of rotatable bonds is 5. The van der Waals surface area contributed by atoms with Gasteiger partial charge in [-0.15, -0.1) is 11.3 Å². The SMILES string of the molecule is COCCn1c(=NC(=O)/C=C/c2cccs2)sc2cc(Br)ccc21. The third-order valence-electron chi connectivity index (χ3n) is 3.30. The summed E-state index contributed by atoms with van der Waals surface area (Å²) in [5.41, 5.74) is 1.05. The van der Waals surface area contributed by atoms with Crippen LogP contribution in [0.4, 0.5) is 0 Å². The second-order valence-corrected chi connectivity index (χ2v) is 7.84. The molecule has 0 saturated carbocycles. The van der Waals surface area contributed by atoms with E-state index >= 15 is 0 Å². The number of hydrogen-bond acceptors (Lipinski definition) is 4. The number of amides is 1. The van der Waals surface area contributed by atoms with Crippen molar-refractivity contribution in [3.63, 3.8) is 0 Å². The lowest BCUT2D eigenvalue weighted by Gasteiger charge is -2.03. The monoisotopic (exact) mass is 422 g/mol. The van der Waals surface area contributed by atoms with E-state index < -0.39 is 0 Å². The minimum atomic E-state index is -0.264. The van der Waals surface area contributed by atoms with Gasteiger partial charge in [0.05, 0.1) is 16.8 Å². The molecule has 3 aromatic rings. The predicted molar refractivity (Wildman–Crippen MR) is 103 cm³/mol. The lowest BCUT2D eigenvalue weighted by atomic mass is 10.3. The largest absolute Gasteiger partial charge is 0.383 e. The zero-order chi connectivity index (χ0) is 16.9. The summed E-state index contributed by atoms with van der Waals surface area (Å²) in [5.74, 6) is -0.264. The number of halogens is 1. The van der Waals surface area contributed by atoms with Crippen molar-refractivity contribution in [2.45, 2.75) is 6.54 Å². The van der Waals surface area contributed by atoms with Gasteiger partial charge in [0.25, 0.3) is 5.91 Å². The number of fused-ring (bicyclic) bond motifs is 1. The van der Waals surface area contributed by atoms with Crippen molar-refractivity contribution in [3.05, 3.63) is 55.9 Å². The molecule has 0 saturated heterocycles. The van der Waals surface area contributed by atoms with Gasteiger partial charge in [-0.25, -0.2) is 0 Å². The Labute approximate surface area is 155 Å². The molecule has 1 aromatic carbocycles. The van der Waals surface area contributed by atoms with Gasteiger partial charge in [-0.05, 0) is 35.7 Å². The molecule has 0 N–H and O–H groups in total. The Balaban J connectivity index is 1.98. The third kappa shape index (κ3) is 4.10. The molecule has 24 heavy (non-hydrogen) atoms. The molecule has 4 nitrogen and oxygen atoms in total. The normalized spacial score (nSPS) is 12.5. The van der Waals surface area contributed by atoms with Gasteiger partial charge in [-0.2, -0.15) is 4.99 Å². The summed E-state index contributed by atoms with van der Waals surface area (Å²) in [4.78, 5) is 18.2. The molecule has 0 aliphatic carbocycles. The van der Waals surface area contributed by atoms with Crippen LogP contribution in [0.15, 0.2) is 51.3 Å². The molecule has 3 rings (SSSR count). The molecule has 0 atom stereocenters. The third-order valence-corrected chi connectivity index (χ3v) is 5.67. The lowest BCUT2D eigenvalue weighted by Crippen LogP contribution is -2.18. The summed E-state index contributed by atoms with van der Waals surface area (Å²) in [5, 5.41) is 1.98. The first-order valence-corrected chi connectivity index (χ1v) is 9.74. The Kier molecular flexibility index (Phi) is 5.78. The summed E-state index contributed by atoms with van der Waals surface area (Å²) in [6.07, 6.45) is 3.30. The maximum atomic E-state index is 12.2. The number of methoxy groups -OCH3 is 1. The Morgan fingerprint density at radius 1 is 1.42 bits per heavy atom. The van der Waals surface area contributed by atoms with Crippen molar-refractivity contribution in [1.29, 1.82) is 0 Å². The summed E-state index contributed by atoms with van der Waals surface area (Å²) < 4.78 is 9.28. The predicted octanol–water partition coefficient (Wildman–Crippen LogP) is 4.31. The maximum absolute atomic E-state index is 12.2. The topological polar surface area (TPSA) is 43.6 Å². The zero-order valence-corrected chi connectivity index (χ0v) is 16.2. The van der Waals surface area contributed by atoms with E-state index in [0.29, 0.717) is 18.0 Å². The molecule has 2 heterocycles. The Morgan fingerprint density at radius 3 is 3.04 bits per heavy atom. The fraction of sp³-hybridized carbons (Fsp3) is 0.176. The number of benzene rings is 1. The van der Waals surface area contributed by atoms with Crippen LogP contribution in [0.5, 0.6) is 0 Å². The average molecular weight is 423 g/mol. The summed E-state index contributed by atoms with van der Waals surface area (Å²) >= 11 is 6.57. The molecule has 0 aliphatic heterocycles. The van der Waals surface area contributed by atoms with Crippen LogP contribution in [0, 0.1) is 0 Å². The second-order valence-electron chi connectivity index (χ2n) is 4.94. The fourth-order valence-electron chi connectivity index (χ4n) is 2.20. The van der Waals surface area contributed by atoms with Crippen LogP contribution < -0.4 is 4.80 Å². The number of thiophene rings is 1. The number of carbonyl (C=O) groups excluding carboxylic acids is 1. The van der Waals surface area contributed by atoms with Gasteiger partial charge in [0.1, 0.15) is 0 Å². The lowest BCUT2D eigenvalue weighted by molar-refractivity contribution is -0.113. The molecule has 7 heteroatoms. The van der Waals surface area contributed by atoms with Crippen molar-refractivity contribution in [3.8, 4) is 0 Å². The van der Waals surface area contributed by atoms with E-state index in [1.165, 1.54) is 17.4 Å². The van der Waals surface area contributed by atoms with Gasteiger partial charge in [0.2, 0.25) is 0 Å². The van der Waals surface area contributed by atoms with Crippen LogP contribution in [0.2, 0.25) is 0 Å². The van der Waals surface area contributed by atoms with E-state index in [1.807, 2.05) is 40.3 Å². The number of ether oxygens (including phenoxy) is 1. The summed E-state index contributed by atoms with van der Waals surface area (Å²) in [6.45, 7) is 1.22. The average Bonchev–Trinajstić information content (AvgIpc) is 3.18. The Bertz CT molecular complexity index is 939. The van der Waals surface area contributed by atoms with Gasteiger partial charge in [-0.1, -0.05) is 33.3 Å². The number of carbonyl (C=O) groups is 1. The van der Waals surface area contributed by atoms with Crippen LogP contribution in [0.25, 0.3) is 16.3 Å². The van der Waals surface area contributed by atoms with Crippen LogP contribution >= 0.6 is 38.6 Å². The molecule has 0 aliphatic rings. The fourth-order valence-corrected chi connectivity index (χ4v) is 4.43. The first-order valence-electron chi connectivity index (χ1n) is 7.25. The quantitative estimate of drug-likeness (QED) is 0.574. The van der Waals surface area contributed by atoms with Gasteiger partial charge in [0.15, 0.2) is 4.80 Å². The van der Waals surface area contributed by atoms with Crippen LogP contribution in [-0.4, -0.2) is 24.2 Å². The van der Waals surface area contributed by atoms with E-state index in [2.05, 4.69) is 20.9 Å². The minimum absolute atomic E-state index is 0.264. The van der Waals surface area contributed by atoms with E-state index in [-0.39, 0.29) is 5.91 Å². The van der Waals surface area contributed by atoms with Crippen LogP contribution in [-0.2, 0) is 16.1 Å². The van der Waals surface area contributed by atoms with Crippen molar-refractivity contribution in [2.75, 3.05) is 13.7 Å². The van der Waals surface area contributed by atoms with E-state index in [4.69, 9.17) is 4.74 Å². The molecule has 1 amide bonds. The first-order chi connectivity index (χ1) is 11.7. The zero-order valence-electron chi connectivity index (χ0n) is 12.9. The van der Waals surface area contributed by atoms with E-state index in [9.17, 15) is 4.79 Å². The first kappa shape index (κ1) is 17.3. The molecule has 2 aromatic heterocycles. The Morgan fingerprint density at radius 2 is 2.29 bits per heavy atom. The summed E-state index contributed by atoms with van der Waals surface area (Å²) in [7, 11) is 1.66. The van der Waals surface area contributed by atoms with Crippen molar-refractivity contribution in [2.24, 2.45) is 4.99 Å². The molecule has 124 valence electrons. The number of nitrogens with zero attached hydrogens (tertiary/aromatic N) is 2. The Hall–Kier alpha value is -1.54. The number of aromatic nitrogens is 1. The van der Waals surface area contributed by atoms with Crippen molar-refractivity contribution in [1.82, 2.24) is 4.57 Å². The van der Waals surface area contributed by atoms with E-state index in [1.54, 1.807) is 24.5 Å². The maximum Gasteiger partial charge on any atom is 0.272 e. The molecule has 0 radical (unpaired) electrons. The van der Waals surface area contributed by atoms with E-state index in [0.717, 1.165) is 19.6 Å². The van der Waals surface area contributed by atoms with Gasteiger partial charge < -0.3 is 9.30 Å². The number of thiazole rings is 1. The molecule has 0 bridgehead atoms. The van der Waals surface area contributed by atoms with Crippen LogP contribution in [0.1, 0.15) is 4.88 Å². The molecular weight excluding hydrogens is 408 g/mol. The van der Waals surface area contributed by atoms with Crippen molar-refractivity contribution >= 4 is 60.8 Å². The van der Waals surface area contributed by atoms with Crippen LogP contribution in [0.3, 0.4) is 0 Å². The van der Waals surface area contributed by atoms with Gasteiger partial charge >= 0.3 is 0 Å². The standard InChI is InChI=1S/C17H15BrN2O2S2/c1-22-9-8-20-14-6-4-12(18)11-15(14)24-17(20)19-16(21)7-5-13-3-2-10-23-13/h2-7,10-11H,8-9H2,1H3/b7-5+,19-17?. The molecular formula is C17H15BrN2O2S2. The second kappa shape index (κ2) is 8.02. The highest BCUT2D eigenvalue weighted by Crippen LogP contribution is 2.22. The molecule has 0 unspecified atom stereocenters. The highest BCUT2D eigenvalue weighted by atomic mass is 79.9. The highest BCUT2D eigenvalue weighted by Gasteiger charge is 2.07. The smallest absolute Gasteiger partial charge is 0.272 e. The molecule has 0 fully saturated rings. The summed E-state index contributed by atoms with van der Waals surface area (Å²) in [6, 6.07) is 9.96. The molecule has 0 spiro atoms. The van der Waals surface area contributed by atoms with Gasteiger partial charge in [-0.3, -0.25) is 4.79 Å². The minimum Gasteiger partial charge on any atom is -0.383 e. The highest BCUT2D eigenvalue weighted by molar-refractivity contribution is 9.10. The van der Waals surface area contributed by atoms with Crippen molar-refractivity contribution < 1.29 is 9.53 Å². The number of hydrogen-bond donors (Lipinski definition) is 0.